The van der Waals surface area contributed by atoms with E-state index in [2.05, 4.69) is 41.0 Å². The number of halogens is 1. The van der Waals surface area contributed by atoms with Gasteiger partial charge in [0.2, 0.25) is 5.03 Å². The van der Waals surface area contributed by atoms with Gasteiger partial charge in [0, 0.05) is 24.1 Å². The van der Waals surface area contributed by atoms with E-state index >= 15 is 0 Å². The maximum atomic E-state index is 4.29. The van der Waals surface area contributed by atoms with E-state index in [1.54, 1.807) is 11.8 Å². The second-order valence-electron chi connectivity index (χ2n) is 3.26. The van der Waals surface area contributed by atoms with Crippen LogP contribution in [-0.2, 0) is 12.8 Å². The molecule has 0 spiro atoms. The van der Waals surface area contributed by atoms with Gasteiger partial charge >= 0.3 is 0 Å². The van der Waals surface area contributed by atoms with Crippen LogP contribution in [0.1, 0.15) is 5.69 Å². The van der Waals surface area contributed by atoms with Crippen LogP contribution in [0.15, 0.2) is 53.8 Å². The lowest BCUT2D eigenvalue weighted by molar-refractivity contribution is -0.708. The largest absolute Gasteiger partial charge is 1.00 e. The predicted octanol–water partition coefficient (Wildman–Crippen LogP) is -0.798. The summed E-state index contributed by atoms with van der Waals surface area (Å²) < 4.78 is 2.12. The first kappa shape index (κ1) is 13.0. The molecular formula is C12H13ClN2S. The highest BCUT2D eigenvalue weighted by Crippen LogP contribution is 2.17. The first-order valence-corrected chi connectivity index (χ1v) is 5.82. The van der Waals surface area contributed by atoms with Crippen molar-refractivity contribution in [2.45, 2.75) is 10.8 Å². The van der Waals surface area contributed by atoms with Crippen LogP contribution in [0.3, 0.4) is 0 Å². The van der Waals surface area contributed by atoms with Crippen molar-refractivity contribution in [1.29, 1.82) is 0 Å². The van der Waals surface area contributed by atoms with Gasteiger partial charge in [-0.15, -0.1) is 0 Å². The lowest BCUT2D eigenvalue weighted by atomic mass is 10.4. The molecule has 0 bridgehead atoms. The normalized spacial score (nSPS) is 9.56. The first-order chi connectivity index (χ1) is 7.36. The average Bonchev–Trinajstić information content (AvgIpc) is 2.29. The molecule has 0 radical (unpaired) electrons. The topological polar surface area (TPSA) is 16.8 Å². The van der Waals surface area contributed by atoms with Gasteiger partial charge in [-0.1, -0.05) is 17.8 Å². The van der Waals surface area contributed by atoms with Crippen molar-refractivity contribution in [2.75, 3.05) is 0 Å². The van der Waals surface area contributed by atoms with Gasteiger partial charge in [0.05, 0.1) is 5.69 Å². The molecule has 0 atom stereocenters. The van der Waals surface area contributed by atoms with E-state index in [4.69, 9.17) is 0 Å². The summed E-state index contributed by atoms with van der Waals surface area (Å²) in [7, 11) is 2.06. The van der Waals surface area contributed by atoms with Crippen molar-refractivity contribution in [3.8, 4) is 0 Å². The fraction of sp³-hybridized carbons (Fsp3) is 0.167. The standard InChI is InChI=1S/C12H13N2S.ClH/c1-14-9-5-3-7-12(14)15-10-11-6-2-4-8-13-11;/h2-9H,10H2,1H3;1H/q+1;/p-1. The molecule has 0 aliphatic carbocycles. The molecule has 2 aromatic rings. The van der Waals surface area contributed by atoms with Crippen LogP contribution < -0.4 is 17.0 Å². The van der Waals surface area contributed by atoms with E-state index in [1.165, 1.54) is 5.03 Å². The van der Waals surface area contributed by atoms with Crippen molar-refractivity contribution >= 4 is 11.8 Å². The van der Waals surface area contributed by atoms with E-state index < -0.39 is 0 Å². The van der Waals surface area contributed by atoms with Crippen molar-refractivity contribution in [2.24, 2.45) is 7.05 Å². The third-order valence-corrected chi connectivity index (χ3v) is 3.26. The Labute approximate surface area is 106 Å². The molecule has 0 saturated heterocycles. The van der Waals surface area contributed by atoms with Crippen molar-refractivity contribution in [3.05, 3.63) is 54.5 Å². The number of hydrogen-bond donors (Lipinski definition) is 0. The number of hydrogen-bond acceptors (Lipinski definition) is 2. The van der Waals surface area contributed by atoms with Crippen LogP contribution in [0.5, 0.6) is 0 Å². The molecular weight excluding hydrogens is 240 g/mol. The third kappa shape index (κ3) is 3.51. The quantitative estimate of drug-likeness (QED) is 0.526. The van der Waals surface area contributed by atoms with Crippen LogP contribution in [0.2, 0.25) is 0 Å². The molecule has 84 valence electrons. The summed E-state index contributed by atoms with van der Waals surface area (Å²) in [5.41, 5.74) is 1.12. The fourth-order valence-corrected chi connectivity index (χ4v) is 2.19. The van der Waals surface area contributed by atoms with Gasteiger partial charge in [0.1, 0.15) is 7.05 Å². The van der Waals surface area contributed by atoms with Gasteiger partial charge in [0.15, 0.2) is 6.20 Å². The van der Waals surface area contributed by atoms with Crippen LogP contribution in [-0.4, -0.2) is 4.98 Å². The van der Waals surface area contributed by atoms with Crippen LogP contribution in [0, 0.1) is 0 Å². The molecule has 0 N–H and O–H groups in total. The first-order valence-electron chi connectivity index (χ1n) is 4.83. The van der Waals surface area contributed by atoms with Gasteiger partial charge in [-0.2, -0.15) is 4.57 Å². The summed E-state index contributed by atoms with van der Waals surface area (Å²) in [6.45, 7) is 0. The Hall–Kier alpha value is -1.06. The molecule has 0 saturated carbocycles. The smallest absolute Gasteiger partial charge is 0.240 e. The SMILES string of the molecule is C[n+]1ccccc1SCc1ccccn1.[Cl-]. The lowest BCUT2D eigenvalue weighted by Crippen LogP contribution is -3.00. The molecule has 0 aromatic carbocycles. The maximum absolute atomic E-state index is 4.29. The minimum atomic E-state index is 0. The second kappa shape index (κ2) is 6.51. The fourth-order valence-electron chi connectivity index (χ4n) is 1.29. The number of thioether (sulfide) groups is 1. The van der Waals surface area contributed by atoms with Gasteiger partial charge < -0.3 is 12.4 Å². The Kier molecular flexibility index (Phi) is 5.29. The number of aryl methyl sites for hydroxylation is 1. The number of pyridine rings is 2. The van der Waals surface area contributed by atoms with Crippen LogP contribution in [0.25, 0.3) is 0 Å². The summed E-state index contributed by atoms with van der Waals surface area (Å²) in [5, 5.41) is 1.25. The minimum Gasteiger partial charge on any atom is -1.00 e. The Bertz CT molecular complexity index is 434. The number of nitrogens with zero attached hydrogens (tertiary/aromatic N) is 2. The molecule has 2 aromatic heterocycles. The highest BCUT2D eigenvalue weighted by Gasteiger charge is 2.05. The van der Waals surface area contributed by atoms with Gasteiger partial charge in [-0.3, -0.25) is 4.98 Å². The van der Waals surface area contributed by atoms with Crippen molar-refractivity contribution in [3.63, 3.8) is 0 Å². The van der Waals surface area contributed by atoms with Crippen LogP contribution in [0.4, 0.5) is 0 Å². The number of aromatic nitrogens is 2. The van der Waals surface area contributed by atoms with Crippen LogP contribution >= 0.6 is 11.8 Å². The molecule has 2 rings (SSSR count). The Morgan fingerprint density at radius 1 is 1.19 bits per heavy atom. The zero-order valence-corrected chi connectivity index (χ0v) is 10.6. The third-order valence-electron chi connectivity index (χ3n) is 2.10. The van der Waals surface area contributed by atoms with Crippen molar-refractivity contribution < 1.29 is 17.0 Å². The summed E-state index contributed by atoms with van der Waals surface area (Å²) in [6.07, 6.45) is 3.89. The summed E-state index contributed by atoms with van der Waals surface area (Å²) in [4.78, 5) is 4.29. The Morgan fingerprint density at radius 3 is 2.69 bits per heavy atom. The highest BCUT2D eigenvalue weighted by molar-refractivity contribution is 7.98. The molecule has 0 fully saturated rings. The van der Waals surface area contributed by atoms with E-state index in [0.717, 1.165) is 11.4 Å². The lowest BCUT2D eigenvalue weighted by Gasteiger charge is -1.99. The molecule has 0 amide bonds. The summed E-state index contributed by atoms with van der Waals surface area (Å²) >= 11 is 1.80. The molecule has 2 nitrogen and oxygen atoms in total. The average molecular weight is 253 g/mol. The zero-order chi connectivity index (χ0) is 10.5. The summed E-state index contributed by atoms with van der Waals surface area (Å²) in [5.74, 6) is 0.915. The molecule has 2 heterocycles. The molecule has 0 aliphatic heterocycles. The Morgan fingerprint density at radius 2 is 2.00 bits per heavy atom. The minimum absolute atomic E-state index is 0. The van der Waals surface area contributed by atoms with Gasteiger partial charge in [-0.05, 0) is 18.2 Å². The van der Waals surface area contributed by atoms with E-state index in [9.17, 15) is 0 Å². The highest BCUT2D eigenvalue weighted by atomic mass is 35.5. The second-order valence-corrected chi connectivity index (χ2v) is 4.26. The molecule has 16 heavy (non-hydrogen) atoms. The molecule has 0 unspecified atom stereocenters. The molecule has 4 heteroatoms. The monoisotopic (exact) mass is 252 g/mol. The van der Waals surface area contributed by atoms with E-state index in [-0.39, 0.29) is 12.4 Å². The molecule has 0 aliphatic rings. The predicted molar refractivity (Wildman–Crippen MR) is 61.4 cm³/mol. The zero-order valence-electron chi connectivity index (χ0n) is 9.01. The maximum Gasteiger partial charge on any atom is 0.240 e. The number of rotatable bonds is 3. The van der Waals surface area contributed by atoms with Crippen molar-refractivity contribution in [1.82, 2.24) is 4.98 Å². The summed E-state index contributed by atoms with van der Waals surface area (Å²) in [6, 6.07) is 12.2. The van der Waals surface area contributed by atoms with Gasteiger partial charge in [0.25, 0.3) is 0 Å². The van der Waals surface area contributed by atoms with Gasteiger partial charge in [-0.25, -0.2) is 0 Å². The Balaban J connectivity index is 0.00000128. The van der Waals surface area contributed by atoms with E-state index in [0.29, 0.717) is 0 Å². The van der Waals surface area contributed by atoms with E-state index in [1.807, 2.05) is 24.4 Å².